The van der Waals surface area contributed by atoms with E-state index in [1.165, 1.54) is 17.0 Å². The number of aromatic hydroxyl groups is 1. The number of amidine groups is 1. The highest BCUT2D eigenvalue weighted by molar-refractivity contribution is 7.98. The van der Waals surface area contributed by atoms with Crippen LogP contribution in [0.5, 0.6) is 5.75 Å². The van der Waals surface area contributed by atoms with Crippen LogP contribution in [-0.2, 0) is 9.59 Å². The predicted octanol–water partition coefficient (Wildman–Crippen LogP) is 1.25. The number of rotatable bonds is 7. The lowest BCUT2D eigenvalue weighted by atomic mass is 10.2. The Morgan fingerprint density at radius 3 is 2.70 bits per heavy atom. The Morgan fingerprint density at radius 2 is 2.09 bits per heavy atom. The molecule has 0 unspecified atom stereocenters. The van der Waals surface area contributed by atoms with E-state index in [4.69, 9.17) is 5.73 Å². The number of phenols is 1. The van der Waals surface area contributed by atoms with Gasteiger partial charge < -0.3 is 15.6 Å². The van der Waals surface area contributed by atoms with Crippen molar-refractivity contribution in [1.29, 1.82) is 0 Å². The lowest BCUT2D eigenvalue weighted by Gasteiger charge is -2.19. The van der Waals surface area contributed by atoms with Crippen molar-refractivity contribution in [3.63, 3.8) is 0 Å². The fraction of sp³-hybridized carbons (Fsp3) is 0.312. The van der Waals surface area contributed by atoms with Crippen LogP contribution >= 0.6 is 11.8 Å². The monoisotopic (exact) mass is 333 g/mol. The van der Waals surface area contributed by atoms with Crippen molar-refractivity contribution in [2.75, 3.05) is 18.6 Å². The first-order valence-corrected chi connectivity index (χ1v) is 8.55. The maximum absolute atomic E-state index is 12.4. The number of phenolic OH excluding ortho intramolecular Hbond substituents is 1. The van der Waals surface area contributed by atoms with Crippen molar-refractivity contribution in [3.8, 4) is 5.75 Å². The summed E-state index contributed by atoms with van der Waals surface area (Å²) in [6.45, 7) is -0.0580. The largest absolute Gasteiger partial charge is 0.508 e. The van der Waals surface area contributed by atoms with Crippen molar-refractivity contribution in [2.24, 2.45) is 10.7 Å². The van der Waals surface area contributed by atoms with Crippen LogP contribution in [0.25, 0.3) is 6.08 Å². The molecule has 1 heterocycles. The van der Waals surface area contributed by atoms with Gasteiger partial charge in [0.05, 0.1) is 12.6 Å². The number of carbonyl (C=O) groups excluding carboxylic acids is 2. The summed E-state index contributed by atoms with van der Waals surface area (Å²) in [5, 5.41) is 9.30. The van der Waals surface area contributed by atoms with Gasteiger partial charge in [-0.3, -0.25) is 9.69 Å². The molecular weight excluding hydrogens is 314 g/mol. The van der Waals surface area contributed by atoms with Crippen LogP contribution in [0.4, 0.5) is 0 Å². The maximum Gasteiger partial charge on any atom is 0.278 e. The van der Waals surface area contributed by atoms with E-state index in [0.29, 0.717) is 18.5 Å². The van der Waals surface area contributed by atoms with E-state index in [1.807, 2.05) is 6.26 Å². The van der Waals surface area contributed by atoms with Crippen LogP contribution in [0.3, 0.4) is 0 Å². The van der Waals surface area contributed by atoms with Gasteiger partial charge in [0.2, 0.25) is 0 Å². The standard InChI is InChI=1S/C16H19N3O3S/c1-23-9-6-13(17)15-18-14(16(22)19(15)7-8-20)10-11-2-4-12(21)5-3-11/h2-5,8,10,13,21H,6-7,9,17H2,1H3/b14-10-/t13-/m1/s1. The minimum atomic E-state index is -0.392. The van der Waals surface area contributed by atoms with Crippen LogP contribution in [-0.4, -0.2) is 52.6 Å². The van der Waals surface area contributed by atoms with Gasteiger partial charge >= 0.3 is 0 Å². The molecule has 23 heavy (non-hydrogen) atoms. The molecular formula is C16H19N3O3S. The van der Waals surface area contributed by atoms with Gasteiger partial charge in [-0.2, -0.15) is 11.8 Å². The Bertz CT molecular complexity index is 640. The molecule has 0 radical (unpaired) electrons. The number of benzene rings is 1. The molecule has 0 bridgehead atoms. The summed E-state index contributed by atoms with van der Waals surface area (Å²) < 4.78 is 0. The summed E-state index contributed by atoms with van der Waals surface area (Å²) in [6.07, 6.45) is 4.94. The van der Waals surface area contributed by atoms with Crippen LogP contribution < -0.4 is 5.73 Å². The Kier molecular flexibility index (Phi) is 5.95. The zero-order chi connectivity index (χ0) is 16.8. The summed E-state index contributed by atoms with van der Waals surface area (Å²) in [5.74, 6) is 1.09. The molecule has 1 aliphatic rings. The molecule has 0 fully saturated rings. The van der Waals surface area contributed by atoms with Gasteiger partial charge in [-0.15, -0.1) is 0 Å². The fourth-order valence-corrected chi connectivity index (χ4v) is 2.69. The summed E-state index contributed by atoms with van der Waals surface area (Å²) in [5.41, 5.74) is 7.09. The van der Waals surface area contributed by atoms with E-state index < -0.39 is 6.04 Å². The third-order valence-electron chi connectivity index (χ3n) is 3.39. The molecule has 0 saturated heterocycles. The first-order valence-electron chi connectivity index (χ1n) is 7.16. The fourth-order valence-electron chi connectivity index (χ4n) is 2.20. The molecule has 0 saturated carbocycles. The molecule has 2 rings (SSSR count). The zero-order valence-corrected chi connectivity index (χ0v) is 13.6. The number of aliphatic imine (C=N–C) groups is 1. The number of thioether (sulfide) groups is 1. The number of hydrogen-bond donors (Lipinski definition) is 2. The Morgan fingerprint density at radius 1 is 1.39 bits per heavy atom. The molecule has 0 aliphatic carbocycles. The highest BCUT2D eigenvalue weighted by Crippen LogP contribution is 2.21. The Labute approximate surface area is 139 Å². The van der Waals surface area contributed by atoms with Crippen molar-refractivity contribution in [1.82, 2.24) is 4.90 Å². The molecule has 1 atom stereocenters. The second kappa shape index (κ2) is 7.94. The smallest absolute Gasteiger partial charge is 0.278 e. The number of nitrogens with two attached hydrogens (primary N) is 1. The highest BCUT2D eigenvalue weighted by atomic mass is 32.2. The van der Waals surface area contributed by atoms with E-state index in [9.17, 15) is 14.7 Å². The molecule has 6 nitrogen and oxygen atoms in total. The van der Waals surface area contributed by atoms with Gasteiger partial charge in [0.15, 0.2) is 0 Å². The minimum absolute atomic E-state index is 0.0580. The number of nitrogens with zero attached hydrogens (tertiary/aromatic N) is 2. The number of aldehydes is 1. The number of carbonyl (C=O) groups is 2. The van der Waals surface area contributed by atoms with E-state index in [-0.39, 0.29) is 23.9 Å². The van der Waals surface area contributed by atoms with E-state index >= 15 is 0 Å². The number of hydrogen-bond acceptors (Lipinski definition) is 6. The third-order valence-corrected chi connectivity index (χ3v) is 4.04. The summed E-state index contributed by atoms with van der Waals surface area (Å²) in [4.78, 5) is 28.9. The summed E-state index contributed by atoms with van der Waals surface area (Å²) >= 11 is 1.66. The molecule has 3 N–H and O–H groups in total. The van der Waals surface area contributed by atoms with Gasteiger partial charge in [-0.25, -0.2) is 4.99 Å². The quantitative estimate of drug-likeness (QED) is 0.578. The van der Waals surface area contributed by atoms with Crippen LogP contribution in [0, 0.1) is 0 Å². The van der Waals surface area contributed by atoms with Gasteiger partial charge in [0.25, 0.3) is 5.91 Å². The third kappa shape index (κ3) is 4.20. The van der Waals surface area contributed by atoms with Gasteiger partial charge in [0, 0.05) is 0 Å². The molecule has 0 spiro atoms. The first-order chi connectivity index (χ1) is 11.1. The van der Waals surface area contributed by atoms with Crippen molar-refractivity contribution < 1.29 is 14.7 Å². The molecule has 7 heteroatoms. The Hall–Kier alpha value is -2.12. The highest BCUT2D eigenvalue weighted by Gasteiger charge is 2.32. The van der Waals surface area contributed by atoms with E-state index in [1.54, 1.807) is 30.0 Å². The summed E-state index contributed by atoms with van der Waals surface area (Å²) in [7, 11) is 0. The van der Waals surface area contributed by atoms with Crippen molar-refractivity contribution >= 4 is 35.9 Å². The Balaban J connectivity index is 2.29. The molecule has 1 aromatic carbocycles. The molecule has 1 aromatic rings. The summed E-state index contributed by atoms with van der Waals surface area (Å²) in [6, 6.07) is 6.03. The average molecular weight is 333 g/mol. The second-order valence-corrected chi connectivity index (χ2v) is 6.05. The zero-order valence-electron chi connectivity index (χ0n) is 12.8. The number of amides is 1. The van der Waals surface area contributed by atoms with Gasteiger partial charge in [-0.1, -0.05) is 12.1 Å². The average Bonchev–Trinajstić information content (AvgIpc) is 2.85. The second-order valence-electron chi connectivity index (χ2n) is 5.06. The van der Waals surface area contributed by atoms with Crippen LogP contribution in [0.2, 0.25) is 0 Å². The molecule has 0 aromatic heterocycles. The van der Waals surface area contributed by atoms with Gasteiger partial charge in [-0.05, 0) is 42.2 Å². The maximum atomic E-state index is 12.4. The van der Waals surface area contributed by atoms with Crippen LogP contribution in [0.15, 0.2) is 35.0 Å². The van der Waals surface area contributed by atoms with Crippen molar-refractivity contribution in [3.05, 3.63) is 35.5 Å². The van der Waals surface area contributed by atoms with Crippen molar-refractivity contribution in [2.45, 2.75) is 12.5 Å². The molecule has 1 aliphatic heterocycles. The molecule has 122 valence electrons. The lowest BCUT2D eigenvalue weighted by Crippen LogP contribution is -2.44. The van der Waals surface area contributed by atoms with Crippen LogP contribution in [0.1, 0.15) is 12.0 Å². The topological polar surface area (TPSA) is 96.0 Å². The van der Waals surface area contributed by atoms with Gasteiger partial charge in [0.1, 0.15) is 23.6 Å². The SMILES string of the molecule is CSCC[C@@H](N)C1=N/C(=C\c2ccc(O)cc2)C(=O)N1CC=O. The van der Waals surface area contributed by atoms with E-state index in [0.717, 1.165) is 11.3 Å². The predicted molar refractivity (Wildman–Crippen MR) is 92.3 cm³/mol. The minimum Gasteiger partial charge on any atom is -0.508 e. The first kappa shape index (κ1) is 17.2. The lowest BCUT2D eigenvalue weighted by molar-refractivity contribution is -0.124. The molecule has 1 amide bonds. The van der Waals surface area contributed by atoms with E-state index in [2.05, 4.69) is 4.99 Å². The normalized spacial score (nSPS) is 17.5.